The molecule has 0 aromatic carbocycles. The summed E-state index contributed by atoms with van der Waals surface area (Å²) in [4.78, 5) is 16.8. The number of hydrogen-bond donors (Lipinski definition) is 0. The van der Waals surface area contributed by atoms with Crippen molar-refractivity contribution >= 4 is 17.2 Å². The lowest BCUT2D eigenvalue weighted by Gasteiger charge is -2.22. The number of ether oxygens (including phenoxy) is 1. The molecule has 2 atom stereocenters. The first-order chi connectivity index (χ1) is 11.3. The molecule has 2 aromatic rings. The van der Waals surface area contributed by atoms with Crippen LogP contribution in [0.2, 0.25) is 0 Å². The Bertz CT molecular complexity index is 641. The fourth-order valence-electron chi connectivity index (χ4n) is 3.49. The third kappa shape index (κ3) is 3.20. The number of rotatable bonds is 3. The van der Waals surface area contributed by atoms with Gasteiger partial charge in [-0.05, 0) is 34.5 Å². The highest BCUT2D eigenvalue weighted by molar-refractivity contribution is 7.07. The zero-order valence-corrected chi connectivity index (χ0v) is 13.7. The van der Waals surface area contributed by atoms with Crippen molar-refractivity contribution in [3.8, 4) is 0 Å². The molecule has 2 saturated heterocycles. The van der Waals surface area contributed by atoms with E-state index in [1.54, 1.807) is 29.7 Å². The van der Waals surface area contributed by atoms with Crippen LogP contribution in [0.15, 0.2) is 39.6 Å². The van der Waals surface area contributed by atoms with Crippen LogP contribution in [-0.2, 0) is 11.3 Å². The van der Waals surface area contributed by atoms with Gasteiger partial charge in [-0.3, -0.25) is 9.69 Å². The van der Waals surface area contributed by atoms with Crippen LogP contribution in [0.25, 0.3) is 0 Å². The van der Waals surface area contributed by atoms with E-state index in [4.69, 9.17) is 9.15 Å². The number of carbonyl (C=O) groups excluding carboxylic acids is 1. The van der Waals surface area contributed by atoms with Gasteiger partial charge in [0.2, 0.25) is 0 Å². The Balaban J connectivity index is 1.41. The minimum absolute atomic E-state index is 0.0319. The molecule has 2 aliphatic rings. The first-order valence-corrected chi connectivity index (χ1v) is 8.91. The molecule has 0 bridgehead atoms. The number of carbonyl (C=O) groups is 1. The third-order valence-electron chi connectivity index (χ3n) is 4.61. The molecule has 0 N–H and O–H groups in total. The Morgan fingerprint density at radius 3 is 3.04 bits per heavy atom. The van der Waals surface area contributed by atoms with Gasteiger partial charge in [-0.25, -0.2) is 0 Å². The Morgan fingerprint density at radius 1 is 1.30 bits per heavy atom. The molecule has 1 amide bonds. The molecule has 0 saturated carbocycles. The van der Waals surface area contributed by atoms with Gasteiger partial charge in [0.05, 0.1) is 19.0 Å². The number of nitrogens with zero attached hydrogens (tertiary/aromatic N) is 2. The molecule has 2 aliphatic heterocycles. The molecule has 23 heavy (non-hydrogen) atoms. The maximum Gasteiger partial charge on any atom is 0.289 e. The molecule has 2 aromatic heterocycles. The summed E-state index contributed by atoms with van der Waals surface area (Å²) in [7, 11) is 0. The molecule has 0 spiro atoms. The van der Waals surface area contributed by atoms with Crippen molar-refractivity contribution < 1.29 is 13.9 Å². The fourth-order valence-corrected chi connectivity index (χ4v) is 4.15. The van der Waals surface area contributed by atoms with Crippen LogP contribution in [-0.4, -0.2) is 54.6 Å². The van der Waals surface area contributed by atoms with Gasteiger partial charge in [-0.1, -0.05) is 0 Å². The number of thiophene rings is 1. The van der Waals surface area contributed by atoms with Crippen molar-refractivity contribution in [2.24, 2.45) is 5.92 Å². The Kier molecular flexibility index (Phi) is 4.20. The summed E-state index contributed by atoms with van der Waals surface area (Å²) in [5.74, 6) is 0.752. The number of amides is 1. The first-order valence-electron chi connectivity index (χ1n) is 7.97. The van der Waals surface area contributed by atoms with E-state index in [2.05, 4.69) is 21.7 Å². The Hall–Kier alpha value is -1.63. The molecule has 4 heterocycles. The molecular formula is C17H20N2O3S. The highest BCUT2D eigenvalue weighted by Crippen LogP contribution is 2.26. The van der Waals surface area contributed by atoms with Crippen LogP contribution in [0.3, 0.4) is 0 Å². The van der Waals surface area contributed by atoms with Gasteiger partial charge >= 0.3 is 0 Å². The minimum Gasteiger partial charge on any atom is -0.459 e. The first kappa shape index (κ1) is 14.9. The van der Waals surface area contributed by atoms with E-state index in [0.717, 1.165) is 26.2 Å². The van der Waals surface area contributed by atoms with E-state index >= 15 is 0 Å². The van der Waals surface area contributed by atoms with Crippen LogP contribution >= 0.6 is 11.3 Å². The summed E-state index contributed by atoms with van der Waals surface area (Å²) in [5, 5.41) is 4.31. The van der Waals surface area contributed by atoms with E-state index in [1.165, 1.54) is 5.56 Å². The minimum atomic E-state index is -0.0319. The number of likely N-dealkylation sites (tertiary alicyclic amines) is 1. The van der Waals surface area contributed by atoms with Crippen LogP contribution in [0.1, 0.15) is 16.1 Å². The SMILES string of the molecule is O=C(c1ccco1)N1CCO[C@@H]2CN(Cc3ccsc3)C[C@@H]2C1. The zero-order chi connectivity index (χ0) is 15.6. The summed E-state index contributed by atoms with van der Waals surface area (Å²) in [5.41, 5.74) is 1.36. The quantitative estimate of drug-likeness (QED) is 0.865. The second-order valence-corrected chi connectivity index (χ2v) is 7.00. The smallest absolute Gasteiger partial charge is 0.289 e. The van der Waals surface area contributed by atoms with Crippen molar-refractivity contribution in [2.45, 2.75) is 12.6 Å². The second-order valence-electron chi connectivity index (χ2n) is 6.22. The number of furan rings is 1. The van der Waals surface area contributed by atoms with Gasteiger partial charge in [-0.2, -0.15) is 11.3 Å². The lowest BCUT2D eigenvalue weighted by molar-refractivity contribution is 0.0498. The largest absolute Gasteiger partial charge is 0.459 e. The summed E-state index contributed by atoms with van der Waals surface area (Å²) < 4.78 is 11.3. The maximum atomic E-state index is 12.5. The monoisotopic (exact) mass is 332 g/mol. The third-order valence-corrected chi connectivity index (χ3v) is 5.34. The number of hydrogen-bond acceptors (Lipinski definition) is 5. The average molecular weight is 332 g/mol. The van der Waals surface area contributed by atoms with Gasteiger partial charge in [0.15, 0.2) is 5.76 Å². The molecule has 2 fully saturated rings. The van der Waals surface area contributed by atoms with Gasteiger partial charge in [-0.15, -0.1) is 0 Å². The van der Waals surface area contributed by atoms with Crippen molar-refractivity contribution in [1.82, 2.24) is 9.80 Å². The molecule has 0 radical (unpaired) electrons. The number of fused-ring (bicyclic) bond motifs is 1. The van der Waals surface area contributed by atoms with Gasteiger partial charge < -0.3 is 14.1 Å². The van der Waals surface area contributed by atoms with Crippen LogP contribution in [0.4, 0.5) is 0 Å². The van der Waals surface area contributed by atoms with E-state index in [1.807, 2.05) is 4.90 Å². The highest BCUT2D eigenvalue weighted by atomic mass is 32.1. The molecule has 5 nitrogen and oxygen atoms in total. The standard InChI is InChI=1S/C17H20N2O3S/c20-17(15-2-1-5-21-15)19-4-6-22-16-11-18(9-14(16)10-19)8-13-3-7-23-12-13/h1-3,5,7,12,14,16H,4,6,8-11H2/t14-,16-/m1/s1. The highest BCUT2D eigenvalue weighted by Gasteiger charge is 2.37. The lowest BCUT2D eigenvalue weighted by Crippen LogP contribution is -2.37. The predicted molar refractivity (Wildman–Crippen MR) is 87.4 cm³/mol. The summed E-state index contributed by atoms with van der Waals surface area (Å²) in [6, 6.07) is 5.65. The lowest BCUT2D eigenvalue weighted by atomic mass is 10.1. The molecule has 0 unspecified atom stereocenters. The molecule has 122 valence electrons. The van der Waals surface area contributed by atoms with E-state index in [9.17, 15) is 4.79 Å². The molecule has 0 aliphatic carbocycles. The zero-order valence-electron chi connectivity index (χ0n) is 12.9. The van der Waals surface area contributed by atoms with Gasteiger partial charge in [0.1, 0.15) is 0 Å². The normalized spacial score (nSPS) is 25.3. The molecule has 4 rings (SSSR count). The van der Waals surface area contributed by atoms with Crippen LogP contribution in [0, 0.1) is 5.92 Å². The summed E-state index contributed by atoms with van der Waals surface area (Å²) >= 11 is 1.73. The maximum absolute atomic E-state index is 12.5. The Labute approximate surface area is 139 Å². The van der Waals surface area contributed by atoms with E-state index in [-0.39, 0.29) is 12.0 Å². The second kappa shape index (κ2) is 6.47. The summed E-state index contributed by atoms with van der Waals surface area (Å²) in [6.45, 7) is 4.86. The van der Waals surface area contributed by atoms with Gasteiger partial charge in [0.25, 0.3) is 5.91 Å². The van der Waals surface area contributed by atoms with Crippen molar-refractivity contribution in [3.63, 3.8) is 0 Å². The van der Waals surface area contributed by atoms with Crippen molar-refractivity contribution in [2.75, 3.05) is 32.8 Å². The Morgan fingerprint density at radius 2 is 2.26 bits per heavy atom. The van der Waals surface area contributed by atoms with E-state index in [0.29, 0.717) is 24.8 Å². The molecular weight excluding hydrogens is 312 g/mol. The molecule has 6 heteroatoms. The topological polar surface area (TPSA) is 45.9 Å². The van der Waals surface area contributed by atoms with Crippen molar-refractivity contribution in [1.29, 1.82) is 0 Å². The summed E-state index contributed by atoms with van der Waals surface area (Å²) in [6.07, 6.45) is 1.77. The predicted octanol–water partition coefficient (Wildman–Crippen LogP) is 2.31. The van der Waals surface area contributed by atoms with Crippen LogP contribution in [0.5, 0.6) is 0 Å². The van der Waals surface area contributed by atoms with Crippen molar-refractivity contribution in [3.05, 3.63) is 46.5 Å². The van der Waals surface area contributed by atoms with Gasteiger partial charge in [0, 0.05) is 38.6 Å². The fraction of sp³-hybridized carbons (Fsp3) is 0.471. The average Bonchev–Trinajstić information content (AvgIpc) is 3.28. The van der Waals surface area contributed by atoms with E-state index < -0.39 is 0 Å². The van der Waals surface area contributed by atoms with Crippen LogP contribution < -0.4 is 0 Å².